The van der Waals surface area contributed by atoms with E-state index in [1.807, 2.05) is 6.07 Å². The van der Waals surface area contributed by atoms with Gasteiger partial charge in [-0.1, -0.05) is 35.7 Å². The lowest BCUT2D eigenvalue weighted by Crippen LogP contribution is -2.52. The molecule has 106 valence electrons. The summed E-state index contributed by atoms with van der Waals surface area (Å²) in [6.45, 7) is 2.26. The van der Waals surface area contributed by atoms with Crippen molar-refractivity contribution in [1.29, 1.82) is 0 Å². The van der Waals surface area contributed by atoms with E-state index in [0.29, 0.717) is 5.92 Å². The van der Waals surface area contributed by atoms with Gasteiger partial charge in [0.05, 0.1) is 18.7 Å². The summed E-state index contributed by atoms with van der Waals surface area (Å²) >= 11 is 12.0. The summed E-state index contributed by atoms with van der Waals surface area (Å²) in [6.07, 6.45) is 4.55. The number of halogens is 3. The van der Waals surface area contributed by atoms with E-state index in [-0.39, 0.29) is 11.4 Å². The van der Waals surface area contributed by atoms with Crippen LogP contribution in [0.15, 0.2) is 13.6 Å². The predicted molar refractivity (Wildman–Crippen MR) is 91.3 cm³/mol. The summed E-state index contributed by atoms with van der Waals surface area (Å²) in [6, 6.07) is 1.87. The molecule has 1 saturated carbocycles. The van der Waals surface area contributed by atoms with Crippen LogP contribution in [0.1, 0.15) is 43.0 Å². The van der Waals surface area contributed by atoms with Crippen LogP contribution < -0.4 is 5.32 Å². The lowest BCUT2D eigenvalue weighted by atomic mass is 9.77. The Morgan fingerprint density at radius 2 is 2.32 bits per heavy atom. The van der Waals surface area contributed by atoms with Gasteiger partial charge in [-0.05, 0) is 56.7 Å². The van der Waals surface area contributed by atoms with Crippen molar-refractivity contribution < 1.29 is 4.79 Å². The Hall–Kier alpha value is 0.610. The van der Waals surface area contributed by atoms with Crippen LogP contribution in [-0.4, -0.2) is 16.8 Å². The highest BCUT2D eigenvalue weighted by molar-refractivity contribution is 9.12. The van der Waals surface area contributed by atoms with Crippen LogP contribution in [0.5, 0.6) is 0 Å². The minimum absolute atomic E-state index is 0.0161. The van der Waals surface area contributed by atoms with Crippen LogP contribution in [0, 0.1) is 5.92 Å². The Balaban J connectivity index is 2.14. The lowest BCUT2D eigenvalue weighted by Gasteiger charge is -2.39. The molecule has 0 spiro atoms. The molecule has 1 N–H and O–H groups in total. The van der Waals surface area contributed by atoms with Gasteiger partial charge >= 0.3 is 0 Å². The largest absolute Gasteiger partial charge is 0.346 e. The van der Waals surface area contributed by atoms with Gasteiger partial charge in [-0.25, -0.2) is 0 Å². The minimum Gasteiger partial charge on any atom is -0.346 e. The molecule has 2 atom stereocenters. The fourth-order valence-corrected chi connectivity index (χ4v) is 6.17. The maximum atomic E-state index is 12.4. The third-order valence-electron chi connectivity index (χ3n) is 3.63. The van der Waals surface area contributed by atoms with Crippen LogP contribution >= 0.6 is 59.1 Å². The van der Waals surface area contributed by atoms with Crippen molar-refractivity contribution in [2.24, 2.45) is 5.92 Å². The van der Waals surface area contributed by atoms with Crippen molar-refractivity contribution in [2.45, 2.75) is 38.1 Å². The number of carbonyl (C=O) groups is 1. The van der Waals surface area contributed by atoms with Gasteiger partial charge in [-0.3, -0.25) is 4.79 Å². The number of alkyl halides is 1. The Labute approximate surface area is 143 Å². The van der Waals surface area contributed by atoms with E-state index in [1.54, 1.807) is 0 Å². The molecule has 1 aromatic heterocycles. The molecule has 6 heteroatoms. The zero-order valence-corrected chi connectivity index (χ0v) is 16.2. The third kappa shape index (κ3) is 3.83. The zero-order valence-electron chi connectivity index (χ0n) is 10.6. The van der Waals surface area contributed by atoms with E-state index in [9.17, 15) is 4.79 Å². The standard InChI is InChI=1S/C13H16Br3NOS/c1-8-3-2-4-13(6-8,7-14)17-12(18)9-5-10(15)19-11(9)16/h5,8H,2-4,6-7H2,1H3,(H,17,18). The maximum Gasteiger partial charge on any atom is 0.253 e. The van der Waals surface area contributed by atoms with Crippen molar-refractivity contribution in [3.63, 3.8) is 0 Å². The molecule has 2 nitrogen and oxygen atoms in total. The number of carbonyl (C=O) groups excluding carboxylic acids is 1. The molecule has 1 fully saturated rings. The Morgan fingerprint density at radius 1 is 1.58 bits per heavy atom. The van der Waals surface area contributed by atoms with Crippen LogP contribution in [0.4, 0.5) is 0 Å². The smallest absolute Gasteiger partial charge is 0.253 e. The molecule has 1 aromatic rings. The molecular formula is C13H16Br3NOS. The Kier molecular flexibility index (Phi) is 5.54. The lowest BCUT2D eigenvalue weighted by molar-refractivity contribution is 0.0869. The molecular weight excluding hydrogens is 458 g/mol. The van der Waals surface area contributed by atoms with Gasteiger partial charge < -0.3 is 5.32 Å². The van der Waals surface area contributed by atoms with Gasteiger partial charge in [0.25, 0.3) is 5.91 Å². The van der Waals surface area contributed by atoms with Crippen LogP contribution in [0.25, 0.3) is 0 Å². The minimum atomic E-state index is -0.0946. The maximum absolute atomic E-state index is 12.4. The zero-order chi connectivity index (χ0) is 14.0. The van der Waals surface area contributed by atoms with Gasteiger partial charge in [-0.2, -0.15) is 0 Å². The van der Waals surface area contributed by atoms with Crippen molar-refractivity contribution in [2.75, 3.05) is 5.33 Å². The first-order valence-electron chi connectivity index (χ1n) is 6.29. The summed E-state index contributed by atoms with van der Waals surface area (Å²) in [5.41, 5.74) is 0.623. The molecule has 1 aliphatic carbocycles. The first-order valence-corrected chi connectivity index (χ1v) is 9.81. The molecule has 1 amide bonds. The fourth-order valence-electron chi connectivity index (χ4n) is 2.73. The first kappa shape index (κ1) is 16.0. The van der Waals surface area contributed by atoms with Crippen molar-refractivity contribution in [3.8, 4) is 0 Å². The number of hydrogen-bond donors (Lipinski definition) is 1. The second kappa shape index (κ2) is 6.58. The molecule has 0 aromatic carbocycles. The van der Waals surface area contributed by atoms with E-state index >= 15 is 0 Å². The molecule has 0 bridgehead atoms. The van der Waals surface area contributed by atoms with Crippen molar-refractivity contribution in [1.82, 2.24) is 5.32 Å². The summed E-state index contributed by atoms with van der Waals surface area (Å²) in [4.78, 5) is 12.4. The van der Waals surface area contributed by atoms with Gasteiger partial charge in [0.1, 0.15) is 0 Å². The molecule has 0 radical (unpaired) electrons. The van der Waals surface area contributed by atoms with Gasteiger partial charge in [-0.15, -0.1) is 11.3 Å². The average Bonchev–Trinajstić information content (AvgIpc) is 2.68. The Bertz CT molecular complexity index is 476. The van der Waals surface area contributed by atoms with E-state index < -0.39 is 0 Å². The predicted octanol–water partition coefficient (Wildman–Crippen LogP) is 5.35. The summed E-state index contributed by atoms with van der Waals surface area (Å²) in [5.74, 6) is 0.687. The second-order valence-corrected chi connectivity index (χ2v) is 9.62. The van der Waals surface area contributed by atoms with Gasteiger partial charge in [0, 0.05) is 5.33 Å². The van der Waals surface area contributed by atoms with Crippen LogP contribution in [0.2, 0.25) is 0 Å². The number of nitrogens with one attached hydrogen (secondary N) is 1. The molecule has 2 rings (SSSR count). The topological polar surface area (TPSA) is 29.1 Å². The van der Waals surface area contributed by atoms with Crippen LogP contribution in [0.3, 0.4) is 0 Å². The number of thiophene rings is 1. The van der Waals surface area contributed by atoms with Gasteiger partial charge in [0.15, 0.2) is 0 Å². The number of hydrogen-bond acceptors (Lipinski definition) is 2. The van der Waals surface area contributed by atoms with Gasteiger partial charge in [0.2, 0.25) is 0 Å². The Morgan fingerprint density at radius 3 is 2.84 bits per heavy atom. The average molecular weight is 474 g/mol. The molecule has 0 aliphatic heterocycles. The quantitative estimate of drug-likeness (QED) is 0.589. The summed E-state index contributed by atoms with van der Waals surface area (Å²) in [7, 11) is 0. The molecule has 1 heterocycles. The van der Waals surface area contributed by atoms with Crippen molar-refractivity contribution >= 4 is 65.0 Å². The fraction of sp³-hybridized carbons (Fsp3) is 0.615. The third-order valence-corrected chi connectivity index (χ3v) is 7.04. The van der Waals surface area contributed by atoms with Crippen LogP contribution in [-0.2, 0) is 0 Å². The van der Waals surface area contributed by atoms with E-state index in [4.69, 9.17) is 0 Å². The molecule has 19 heavy (non-hydrogen) atoms. The highest BCUT2D eigenvalue weighted by Crippen LogP contribution is 2.36. The van der Waals surface area contributed by atoms with Crippen molar-refractivity contribution in [3.05, 3.63) is 19.2 Å². The highest BCUT2D eigenvalue weighted by Gasteiger charge is 2.36. The number of amides is 1. The van der Waals surface area contributed by atoms with E-state index in [1.165, 1.54) is 24.2 Å². The normalized spacial score (nSPS) is 27.3. The highest BCUT2D eigenvalue weighted by atomic mass is 79.9. The molecule has 0 saturated heterocycles. The van der Waals surface area contributed by atoms with E-state index in [2.05, 4.69) is 60.0 Å². The monoisotopic (exact) mass is 471 g/mol. The summed E-state index contributed by atoms with van der Waals surface area (Å²) in [5, 5.41) is 4.07. The molecule has 1 aliphatic rings. The SMILES string of the molecule is CC1CCCC(CBr)(NC(=O)c2cc(Br)sc2Br)C1. The second-order valence-electron chi connectivity index (χ2n) is 5.31. The number of rotatable bonds is 3. The van der Waals surface area contributed by atoms with E-state index in [0.717, 1.165) is 31.3 Å². The first-order chi connectivity index (χ1) is 8.96. The summed E-state index contributed by atoms with van der Waals surface area (Å²) < 4.78 is 1.85. The molecule has 2 unspecified atom stereocenters.